The number of nitrogens with zero attached hydrogens (tertiary/aromatic N) is 1. The van der Waals surface area contributed by atoms with Crippen LogP contribution in [0.5, 0.6) is 0 Å². The molecule has 0 saturated heterocycles. The Kier molecular flexibility index (Phi) is 8.25. The van der Waals surface area contributed by atoms with Crippen LogP contribution in [0.4, 0.5) is 5.00 Å². The Morgan fingerprint density at radius 1 is 0.923 bits per heavy atom. The summed E-state index contributed by atoms with van der Waals surface area (Å²) in [5.41, 5.74) is 3.09. The summed E-state index contributed by atoms with van der Waals surface area (Å²) in [7, 11) is 0. The van der Waals surface area contributed by atoms with Crippen molar-refractivity contribution in [3.05, 3.63) is 76.2 Å². The van der Waals surface area contributed by atoms with Gasteiger partial charge in [-0.3, -0.25) is 19.3 Å². The van der Waals surface area contributed by atoms with Gasteiger partial charge in [0.1, 0.15) is 16.6 Å². The molecule has 1 atom stereocenters. The van der Waals surface area contributed by atoms with Gasteiger partial charge in [-0.15, -0.1) is 11.3 Å². The molecule has 202 valence electrons. The Morgan fingerprint density at radius 3 is 2.10 bits per heavy atom. The summed E-state index contributed by atoms with van der Waals surface area (Å²) in [5.74, 6) is -3.79. The molecule has 0 saturated carbocycles. The number of imide groups is 1. The summed E-state index contributed by atoms with van der Waals surface area (Å²) in [6, 6.07) is 12.7. The Balaban J connectivity index is 1.48. The second-order valence-corrected chi connectivity index (χ2v) is 10.2. The van der Waals surface area contributed by atoms with Gasteiger partial charge in [0, 0.05) is 10.9 Å². The fourth-order valence-corrected chi connectivity index (χ4v) is 5.30. The Hall–Kier alpha value is -4.31. The van der Waals surface area contributed by atoms with Gasteiger partial charge in [-0.1, -0.05) is 55.8 Å². The van der Waals surface area contributed by atoms with Crippen LogP contribution in [0.25, 0.3) is 11.1 Å². The van der Waals surface area contributed by atoms with Gasteiger partial charge in [-0.2, -0.15) is 0 Å². The lowest BCUT2D eigenvalue weighted by atomic mass is 10.0. The number of esters is 2. The third-order valence-electron chi connectivity index (χ3n) is 6.21. The molecule has 3 aromatic rings. The second kappa shape index (κ2) is 11.6. The second-order valence-electron chi connectivity index (χ2n) is 9.31. The molecular formula is C29H28N2O7S. The Morgan fingerprint density at radius 2 is 1.54 bits per heavy atom. The highest BCUT2D eigenvalue weighted by Gasteiger charge is 2.44. The van der Waals surface area contributed by atoms with E-state index in [1.807, 2.05) is 31.2 Å². The maximum Gasteiger partial charge on any atom is 0.341 e. The van der Waals surface area contributed by atoms with Gasteiger partial charge < -0.3 is 14.8 Å². The number of rotatable bonds is 9. The molecule has 0 spiro atoms. The number of aryl methyl sites for hydroxylation is 1. The zero-order valence-electron chi connectivity index (χ0n) is 22.0. The number of anilines is 1. The number of nitrogens with one attached hydrogen (secondary N) is 1. The summed E-state index contributed by atoms with van der Waals surface area (Å²) < 4.78 is 10.5. The molecule has 0 aliphatic carbocycles. The maximum atomic E-state index is 13.0. The number of hydrogen-bond donors (Lipinski definition) is 1. The molecule has 2 heterocycles. The fourth-order valence-electron chi connectivity index (χ4n) is 4.32. The molecule has 0 unspecified atom stereocenters. The molecule has 9 nitrogen and oxygen atoms in total. The molecule has 10 heteroatoms. The zero-order chi connectivity index (χ0) is 28.3. The average Bonchev–Trinajstić information content (AvgIpc) is 3.43. The summed E-state index contributed by atoms with van der Waals surface area (Å²) >= 11 is 1.15. The maximum absolute atomic E-state index is 13.0. The first-order valence-electron chi connectivity index (χ1n) is 12.4. The van der Waals surface area contributed by atoms with E-state index in [0.29, 0.717) is 5.56 Å². The number of fused-ring (bicyclic) bond motifs is 1. The van der Waals surface area contributed by atoms with Crippen molar-refractivity contribution in [2.24, 2.45) is 5.92 Å². The number of thiophene rings is 1. The van der Waals surface area contributed by atoms with Crippen molar-refractivity contribution in [3.8, 4) is 11.1 Å². The number of carbonyl (C=O) groups is 5. The van der Waals surface area contributed by atoms with E-state index in [4.69, 9.17) is 9.47 Å². The molecule has 1 aliphatic heterocycles. The lowest BCUT2D eigenvalue weighted by Crippen LogP contribution is -2.49. The van der Waals surface area contributed by atoms with Crippen LogP contribution in [0.15, 0.2) is 53.9 Å². The smallest absolute Gasteiger partial charge is 0.341 e. The Bertz CT molecular complexity index is 1410. The predicted octanol–water partition coefficient (Wildman–Crippen LogP) is 4.70. The van der Waals surface area contributed by atoms with Crippen LogP contribution in [0.3, 0.4) is 0 Å². The number of hydrogen-bond acceptors (Lipinski definition) is 8. The summed E-state index contributed by atoms with van der Waals surface area (Å²) in [6.45, 7) is 6.48. The fraction of sp³-hybridized carbons (Fsp3) is 0.276. The minimum absolute atomic E-state index is 0.154. The van der Waals surface area contributed by atoms with Crippen molar-refractivity contribution in [2.45, 2.75) is 33.7 Å². The van der Waals surface area contributed by atoms with Crippen molar-refractivity contribution < 1.29 is 33.4 Å². The van der Waals surface area contributed by atoms with Crippen LogP contribution in [0, 0.1) is 12.8 Å². The number of amides is 3. The minimum atomic E-state index is -1.21. The molecule has 1 N–H and O–H groups in total. The van der Waals surface area contributed by atoms with E-state index in [9.17, 15) is 24.0 Å². The highest BCUT2D eigenvalue weighted by Crippen LogP contribution is 2.36. The monoisotopic (exact) mass is 548 g/mol. The first-order chi connectivity index (χ1) is 18.6. The quantitative estimate of drug-likeness (QED) is 0.304. The number of ether oxygens (including phenoxy) is 2. The van der Waals surface area contributed by atoms with Gasteiger partial charge >= 0.3 is 11.9 Å². The molecular weight excluding hydrogens is 520 g/mol. The molecule has 2 aromatic carbocycles. The van der Waals surface area contributed by atoms with Crippen LogP contribution < -0.4 is 5.32 Å². The van der Waals surface area contributed by atoms with E-state index in [1.165, 1.54) is 12.1 Å². The standard InChI is InChI=1S/C29H28N2O7S/c1-5-37-28(35)23-21(18-12-10-17(4)11-13-18)15-39-25(23)30-22(32)14-38-29(36)24(16(2)3)31-26(33)19-8-6-7-9-20(19)27(31)34/h6-13,15-16,24H,5,14H2,1-4H3,(H,30,32)/t24-/m0/s1. The van der Waals surface area contributed by atoms with Crippen LogP contribution >= 0.6 is 11.3 Å². The number of benzene rings is 2. The van der Waals surface area contributed by atoms with Crippen LogP contribution in [-0.4, -0.2) is 53.8 Å². The van der Waals surface area contributed by atoms with Crippen molar-refractivity contribution >= 4 is 46.0 Å². The van der Waals surface area contributed by atoms with Crippen LogP contribution in [0.2, 0.25) is 0 Å². The van der Waals surface area contributed by atoms with Gasteiger partial charge in [0.25, 0.3) is 17.7 Å². The number of carbonyl (C=O) groups excluding carboxylic acids is 5. The van der Waals surface area contributed by atoms with Crippen LogP contribution in [0.1, 0.15) is 57.4 Å². The van der Waals surface area contributed by atoms with E-state index in [-0.39, 0.29) is 28.3 Å². The van der Waals surface area contributed by atoms with E-state index in [0.717, 1.165) is 27.4 Å². The molecule has 1 aromatic heterocycles. The van der Waals surface area contributed by atoms with Gasteiger partial charge in [0.2, 0.25) is 0 Å². The third-order valence-corrected chi connectivity index (χ3v) is 7.10. The molecule has 39 heavy (non-hydrogen) atoms. The summed E-state index contributed by atoms with van der Waals surface area (Å²) in [4.78, 5) is 65.3. The van der Waals surface area contributed by atoms with Crippen LogP contribution in [-0.2, 0) is 19.1 Å². The van der Waals surface area contributed by atoms with Gasteiger partial charge in [0.05, 0.1) is 17.7 Å². The molecule has 1 aliphatic rings. The summed E-state index contributed by atoms with van der Waals surface area (Å²) in [6.07, 6.45) is 0. The lowest BCUT2D eigenvalue weighted by Gasteiger charge is -2.27. The normalized spacial score (nSPS) is 13.3. The van der Waals surface area contributed by atoms with Crippen molar-refractivity contribution in [3.63, 3.8) is 0 Å². The molecule has 4 rings (SSSR count). The minimum Gasteiger partial charge on any atom is -0.462 e. The highest BCUT2D eigenvalue weighted by atomic mass is 32.1. The third kappa shape index (κ3) is 5.61. The molecule has 0 radical (unpaired) electrons. The first-order valence-corrected chi connectivity index (χ1v) is 13.3. The molecule has 0 bridgehead atoms. The van der Waals surface area contributed by atoms with Gasteiger partial charge in [0.15, 0.2) is 6.61 Å². The van der Waals surface area contributed by atoms with Gasteiger partial charge in [-0.05, 0) is 37.5 Å². The first kappa shape index (κ1) is 27.7. The topological polar surface area (TPSA) is 119 Å². The SMILES string of the molecule is CCOC(=O)c1c(-c2ccc(C)cc2)csc1NC(=O)COC(=O)[C@H](C(C)C)N1C(=O)c2ccccc2C1=O. The average molecular weight is 549 g/mol. The Labute approximate surface area is 229 Å². The highest BCUT2D eigenvalue weighted by molar-refractivity contribution is 7.15. The largest absolute Gasteiger partial charge is 0.462 e. The molecule has 3 amide bonds. The van der Waals surface area contributed by atoms with E-state index in [1.54, 1.807) is 38.3 Å². The zero-order valence-corrected chi connectivity index (χ0v) is 22.8. The van der Waals surface area contributed by atoms with E-state index in [2.05, 4.69) is 5.32 Å². The van der Waals surface area contributed by atoms with Crippen molar-refractivity contribution in [2.75, 3.05) is 18.5 Å². The predicted molar refractivity (Wildman–Crippen MR) is 146 cm³/mol. The van der Waals surface area contributed by atoms with Crippen molar-refractivity contribution in [1.29, 1.82) is 0 Å². The lowest BCUT2D eigenvalue weighted by molar-refractivity contribution is -0.152. The van der Waals surface area contributed by atoms with E-state index < -0.39 is 48.2 Å². The van der Waals surface area contributed by atoms with Crippen molar-refractivity contribution in [1.82, 2.24) is 4.90 Å². The summed E-state index contributed by atoms with van der Waals surface area (Å²) in [5, 5.41) is 4.63. The van der Waals surface area contributed by atoms with Gasteiger partial charge in [-0.25, -0.2) is 9.59 Å². The molecule has 0 fully saturated rings. The van der Waals surface area contributed by atoms with E-state index >= 15 is 0 Å².